The average molecular weight is 645 g/mol. The molecule has 7 heteroatoms. The van der Waals surface area contributed by atoms with E-state index in [-0.39, 0.29) is 11.8 Å². The second-order valence-corrected chi connectivity index (χ2v) is 9.85. The maximum absolute atomic E-state index is 13.5. The number of nitrogens with zero attached hydrogens (tertiary/aromatic N) is 1. The molecule has 0 bridgehead atoms. The Morgan fingerprint density at radius 2 is 1.62 bits per heavy atom. The summed E-state index contributed by atoms with van der Waals surface area (Å²) in [4.78, 5) is 26.6. The molecule has 0 fully saturated rings. The summed E-state index contributed by atoms with van der Waals surface area (Å²) >= 11 is 4.31. The highest BCUT2D eigenvalue weighted by atomic mass is 127. The third-order valence-corrected chi connectivity index (χ3v) is 7.02. The van der Waals surface area contributed by atoms with Gasteiger partial charge in [0, 0.05) is 12.8 Å². The Morgan fingerprint density at radius 1 is 0.875 bits per heavy atom. The van der Waals surface area contributed by atoms with Crippen molar-refractivity contribution >= 4 is 73.5 Å². The summed E-state index contributed by atoms with van der Waals surface area (Å²) in [5.41, 5.74) is 5.53. The summed E-state index contributed by atoms with van der Waals surface area (Å²) in [7, 11) is 0. The van der Waals surface area contributed by atoms with Crippen LogP contribution >= 0.6 is 45.2 Å². The second kappa shape index (κ2) is 8.70. The van der Waals surface area contributed by atoms with Crippen molar-refractivity contribution in [3.63, 3.8) is 0 Å². The van der Waals surface area contributed by atoms with Gasteiger partial charge in [-0.15, -0.1) is 0 Å². The zero-order valence-electron chi connectivity index (χ0n) is 16.7. The zero-order chi connectivity index (χ0) is 22.2. The van der Waals surface area contributed by atoms with Crippen molar-refractivity contribution in [2.24, 2.45) is 0 Å². The topological polar surface area (TPSA) is 61.4 Å². The van der Waals surface area contributed by atoms with Gasteiger partial charge in [0.1, 0.15) is 6.17 Å². The molecule has 0 spiro atoms. The van der Waals surface area contributed by atoms with E-state index in [4.69, 9.17) is 0 Å². The van der Waals surface area contributed by atoms with Gasteiger partial charge in [-0.2, -0.15) is 0 Å². The largest absolute Gasteiger partial charge is 0.359 e. The molecule has 0 aromatic heterocycles. The number of rotatable bonds is 3. The van der Waals surface area contributed by atoms with E-state index in [1.54, 1.807) is 6.07 Å². The molecule has 4 aromatic rings. The Bertz CT molecular complexity index is 1370. The van der Waals surface area contributed by atoms with Crippen LogP contribution in [0.25, 0.3) is 10.8 Å². The van der Waals surface area contributed by atoms with Crippen molar-refractivity contribution in [3.8, 4) is 0 Å². The number of amides is 2. The van der Waals surface area contributed by atoms with Crippen LogP contribution in [0.15, 0.2) is 84.9 Å². The van der Waals surface area contributed by atoms with Gasteiger partial charge in [-0.3, -0.25) is 15.0 Å². The van der Waals surface area contributed by atoms with E-state index in [9.17, 15) is 9.59 Å². The van der Waals surface area contributed by atoms with E-state index in [2.05, 4.69) is 55.9 Å². The van der Waals surface area contributed by atoms with E-state index in [1.165, 1.54) is 5.01 Å². The SMILES string of the molecule is O=C(NN1C(=O)c2cc(I)ccc2N[C@H]1c1ccc2ccccc2c1)c1ccccc1I. The fraction of sp³-hybridized carbons (Fsp3) is 0.0400. The van der Waals surface area contributed by atoms with Gasteiger partial charge in [0.05, 0.1) is 11.1 Å². The minimum atomic E-state index is -0.551. The minimum absolute atomic E-state index is 0.255. The lowest BCUT2D eigenvalue weighted by molar-refractivity contribution is 0.0490. The van der Waals surface area contributed by atoms with Gasteiger partial charge in [0.25, 0.3) is 11.8 Å². The number of anilines is 1. The van der Waals surface area contributed by atoms with Crippen molar-refractivity contribution in [1.82, 2.24) is 10.4 Å². The van der Waals surface area contributed by atoms with E-state index in [0.717, 1.165) is 29.2 Å². The van der Waals surface area contributed by atoms with E-state index < -0.39 is 6.17 Å². The van der Waals surface area contributed by atoms with Crippen molar-refractivity contribution in [2.45, 2.75) is 6.17 Å². The number of carbonyl (C=O) groups is 2. The minimum Gasteiger partial charge on any atom is -0.359 e. The predicted molar refractivity (Wildman–Crippen MR) is 142 cm³/mol. The number of hydrogen-bond donors (Lipinski definition) is 2. The third kappa shape index (κ3) is 3.95. The Morgan fingerprint density at radius 3 is 2.44 bits per heavy atom. The van der Waals surface area contributed by atoms with Crippen LogP contribution in [0.2, 0.25) is 0 Å². The number of fused-ring (bicyclic) bond motifs is 2. The standard InChI is InChI=1S/C25H17I2N3O2/c26-18-11-12-22-20(14-18)25(32)30(29-24(31)19-7-3-4-8-21(19)27)23(28-22)17-10-9-15-5-1-2-6-16(15)13-17/h1-14,23,28H,(H,29,31)/t23-/m1/s1. The van der Waals surface area contributed by atoms with Gasteiger partial charge in [0.15, 0.2) is 0 Å². The van der Waals surface area contributed by atoms with Crippen molar-refractivity contribution in [3.05, 3.63) is 109 Å². The Hall–Kier alpha value is -2.66. The number of carbonyl (C=O) groups excluding carboxylic acids is 2. The molecule has 1 aliphatic heterocycles. The monoisotopic (exact) mass is 645 g/mol. The van der Waals surface area contributed by atoms with E-state index in [0.29, 0.717) is 11.1 Å². The molecular formula is C25H17I2N3O2. The van der Waals surface area contributed by atoms with Crippen LogP contribution in [0.1, 0.15) is 32.4 Å². The number of hydrazine groups is 1. The fourth-order valence-corrected chi connectivity index (χ4v) is 4.94. The lowest BCUT2D eigenvalue weighted by Crippen LogP contribution is -2.53. The molecule has 158 valence electrons. The van der Waals surface area contributed by atoms with Gasteiger partial charge in [-0.05, 0) is 97.9 Å². The maximum atomic E-state index is 13.5. The van der Waals surface area contributed by atoms with Gasteiger partial charge in [-0.25, -0.2) is 5.01 Å². The molecule has 0 aliphatic carbocycles. The molecule has 1 aliphatic rings. The first-order valence-corrected chi connectivity index (χ1v) is 12.1. The van der Waals surface area contributed by atoms with E-state index >= 15 is 0 Å². The molecule has 2 N–H and O–H groups in total. The summed E-state index contributed by atoms with van der Waals surface area (Å²) in [6, 6.07) is 27.1. The Kier molecular flexibility index (Phi) is 5.76. The fourth-order valence-electron chi connectivity index (χ4n) is 3.82. The molecule has 5 nitrogen and oxygen atoms in total. The summed E-state index contributed by atoms with van der Waals surface area (Å²) in [5.74, 6) is -0.584. The predicted octanol–water partition coefficient (Wildman–Crippen LogP) is 5.96. The molecule has 4 aromatic carbocycles. The molecule has 0 radical (unpaired) electrons. The highest BCUT2D eigenvalue weighted by molar-refractivity contribution is 14.1. The summed E-state index contributed by atoms with van der Waals surface area (Å²) in [6.45, 7) is 0. The Balaban J connectivity index is 1.58. The molecule has 1 heterocycles. The normalized spacial score (nSPS) is 15.2. The lowest BCUT2D eigenvalue weighted by Gasteiger charge is -2.38. The Labute approximate surface area is 212 Å². The molecule has 0 saturated carbocycles. The first-order valence-electron chi connectivity index (χ1n) is 9.95. The van der Waals surface area contributed by atoms with E-state index in [1.807, 2.05) is 78.9 Å². The molecular weight excluding hydrogens is 628 g/mol. The highest BCUT2D eigenvalue weighted by Crippen LogP contribution is 2.34. The number of benzene rings is 4. The molecule has 1 atom stereocenters. The number of hydrogen-bond acceptors (Lipinski definition) is 3. The summed E-state index contributed by atoms with van der Waals surface area (Å²) in [6.07, 6.45) is -0.551. The van der Waals surface area contributed by atoms with Crippen molar-refractivity contribution in [2.75, 3.05) is 5.32 Å². The van der Waals surface area contributed by atoms with Crippen LogP contribution in [0.4, 0.5) is 5.69 Å². The van der Waals surface area contributed by atoms with Crippen LogP contribution in [0.5, 0.6) is 0 Å². The van der Waals surface area contributed by atoms with Crippen LogP contribution in [0.3, 0.4) is 0 Å². The second-order valence-electron chi connectivity index (χ2n) is 7.44. The average Bonchev–Trinajstić information content (AvgIpc) is 2.81. The number of halogens is 2. The summed E-state index contributed by atoms with van der Waals surface area (Å²) < 4.78 is 1.77. The van der Waals surface area contributed by atoms with Gasteiger partial charge >= 0.3 is 0 Å². The summed E-state index contributed by atoms with van der Waals surface area (Å²) in [5, 5.41) is 7.02. The smallest absolute Gasteiger partial charge is 0.276 e. The molecule has 2 amide bonds. The van der Waals surface area contributed by atoms with Crippen molar-refractivity contribution in [1.29, 1.82) is 0 Å². The third-order valence-electron chi connectivity index (χ3n) is 5.41. The van der Waals surface area contributed by atoms with Gasteiger partial charge < -0.3 is 5.32 Å². The molecule has 5 rings (SSSR count). The van der Waals surface area contributed by atoms with Gasteiger partial charge in [0.2, 0.25) is 0 Å². The highest BCUT2D eigenvalue weighted by Gasteiger charge is 2.35. The quantitative estimate of drug-likeness (QED) is 0.271. The van der Waals surface area contributed by atoms with Crippen LogP contribution in [-0.4, -0.2) is 16.8 Å². The molecule has 0 unspecified atom stereocenters. The van der Waals surface area contributed by atoms with Crippen molar-refractivity contribution < 1.29 is 9.59 Å². The van der Waals surface area contributed by atoms with Crippen LogP contribution < -0.4 is 10.7 Å². The van der Waals surface area contributed by atoms with Gasteiger partial charge in [-0.1, -0.05) is 48.5 Å². The maximum Gasteiger partial charge on any atom is 0.276 e. The van der Waals surface area contributed by atoms with Crippen LogP contribution in [-0.2, 0) is 0 Å². The first-order chi connectivity index (χ1) is 15.5. The molecule has 0 saturated heterocycles. The van der Waals surface area contributed by atoms with Crippen LogP contribution in [0, 0.1) is 7.14 Å². The first kappa shape index (κ1) is 21.2. The number of nitrogens with one attached hydrogen (secondary N) is 2. The zero-order valence-corrected chi connectivity index (χ0v) is 21.0. The molecule has 32 heavy (non-hydrogen) atoms. The lowest BCUT2D eigenvalue weighted by atomic mass is 10.0.